The predicted octanol–water partition coefficient (Wildman–Crippen LogP) is 4.68. The lowest BCUT2D eigenvalue weighted by molar-refractivity contribution is -0.143. The first-order valence-corrected chi connectivity index (χ1v) is 16.4. The molecule has 2 aromatic carbocycles. The van der Waals surface area contributed by atoms with Crippen molar-refractivity contribution in [2.75, 3.05) is 18.5 Å². The van der Waals surface area contributed by atoms with Gasteiger partial charge in [-0.05, 0) is 54.0 Å². The maximum Gasteiger partial charge on any atom is 0.246 e. The number of nitrogens with zero attached hydrogens (tertiary/aromatic N) is 1. The number of nitrogens with one attached hydrogen (secondary N) is 2. The van der Waals surface area contributed by atoms with Crippen LogP contribution in [0.5, 0.6) is 11.5 Å². The second-order valence-corrected chi connectivity index (χ2v) is 13.8. The molecule has 2 aromatic rings. The molecule has 9 heteroatoms. The largest absolute Gasteiger partial charge is 0.486 e. The van der Waals surface area contributed by atoms with Gasteiger partial charge in [0.05, 0.1) is 24.5 Å². The summed E-state index contributed by atoms with van der Waals surface area (Å²) < 4.78 is 18.8. The molecule has 4 heterocycles. The van der Waals surface area contributed by atoms with Crippen LogP contribution in [0.15, 0.2) is 60.7 Å². The van der Waals surface area contributed by atoms with E-state index in [1.54, 1.807) is 4.90 Å². The maximum absolute atomic E-state index is 14.5. The lowest BCUT2D eigenvalue weighted by atomic mass is 9.73. The van der Waals surface area contributed by atoms with Crippen LogP contribution < -0.4 is 20.1 Å². The Morgan fingerprint density at radius 2 is 1.78 bits per heavy atom. The van der Waals surface area contributed by atoms with Crippen LogP contribution in [0.1, 0.15) is 58.4 Å². The molecule has 45 heavy (non-hydrogen) atoms. The third-order valence-corrected chi connectivity index (χ3v) is 10.8. The molecule has 1 aliphatic carbocycles. The van der Waals surface area contributed by atoms with E-state index in [4.69, 9.17) is 14.2 Å². The Bertz CT molecular complexity index is 1510. The van der Waals surface area contributed by atoms with Gasteiger partial charge >= 0.3 is 0 Å². The highest BCUT2D eigenvalue weighted by atomic mass is 16.6. The topological polar surface area (TPSA) is 106 Å². The second kappa shape index (κ2) is 11.5. The Labute approximate surface area is 264 Å². The van der Waals surface area contributed by atoms with E-state index in [1.807, 2.05) is 60.7 Å². The molecule has 1 spiro atoms. The van der Waals surface area contributed by atoms with Gasteiger partial charge in [-0.3, -0.25) is 14.4 Å². The van der Waals surface area contributed by atoms with E-state index >= 15 is 0 Å². The van der Waals surface area contributed by atoms with E-state index < -0.39 is 35.7 Å². The summed E-state index contributed by atoms with van der Waals surface area (Å²) in [5.41, 5.74) is 0.590. The molecule has 2 N–H and O–H groups in total. The fourth-order valence-corrected chi connectivity index (χ4v) is 8.06. The van der Waals surface area contributed by atoms with Crippen molar-refractivity contribution in [2.45, 2.75) is 82.8 Å². The average molecular weight is 614 g/mol. The minimum Gasteiger partial charge on any atom is -0.486 e. The molecule has 1 saturated carbocycles. The first-order valence-electron chi connectivity index (χ1n) is 16.4. The number of fused-ring (bicyclic) bond motifs is 2. The molecule has 3 fully saturated rings. The Morgan fingerprint density at radius 3 is 2.53 bits per heavy atom. The van der Waals surface area contributed by atoms with E-state index in [0.29, 0.717) is 34.9 Å². The number of hydrogen-bond acceptors (Lipinski definition) is 6. The number of amides is 3. The summed E-state index contributed by atoms with van der Waals surface area (Å²) in [6, 6.07) is 14.3. The van der Waals surface area contributed by atoms with Gasteiger partial charge in [-0.15, -0.1) is 0 Å². The highest BCUT2D eigenvalue weighted by molar-refractivity contribution is 6.02. The summed E-state index contributed by atoms with van der Waals surface area (Å²) in [5, 5.41) is 6.34. The van der Waals surface area contributed by atoms with Crippen molar-refractivity contribution in [2.24, 2.45) is 23.7 Å². The molecule has 7 rings (SSSR count). The molecule has 238 valence electrons. The summed E-state index contributed by atoms with van der Waals surface area (Å²) in [5.74, 6) is 0.00439. The normalized spacial score (nSPS) is 34.6. The Balaban J connectivity index is 1.17. The third kappa shape index (κ3) is 5.09. The van der Waals surface area contributed by atoms with Crippen molar-refractivity contribution < 1.29 is 28.6 Å². The number of para-hydroxylation sites is 2. The molecular weight excluding hydrogens is 570 g/mol. The van der Waals surface area contributed by atoms with Gasteiger partial charge < -0.3 is 29.7 Å². The molecule has 2 saturated heterocycles. The van der Waals surface area contributed by atoms with E-state index in [1.165, 1.54) is 5.56 Å². The average Bonchev–Trinajstić information content (AvgIpc) is 3.67. The number of benzene rings is 2. The molecule has 9 atom stereocenters. The van der Waals surface area contributed by atoms with Gasteiger partial charge in [0.15, 0.2) is 17.6 Å². The first-order chi connectivity index (χ1) is 21.7. The summed E-state index contributed by atoms with van der Waals surface area (Å²) in [4.78, 5) is 44.3. The number of carbonyl (C=O) groups is 3. The number of anilines is 1. The summed E-state index contributed by atoms with van der Waals surface area (Å²) in [6.07, 6.45) is 5.69. The van der Waals surface area contributed by atoms with Crippen molar-refractivity contribution in [3.63, 3.8) is 0 Å². The summed E-state index contributed by atoms with van der Waals surface area (Å²) >= 11 is 0. The molecule has 9 nitrogen and oxygen atoms in total. The van der Waals surface area contributed by atoms with Crippen LogP contribution in [0, 0.1) is 23.7 Å². The van der Waals surface area contributed by atoms with Gasteiger partial charge in [-0.1, -0.05) is 77.0 Å². The van der Waals surface area contributed by atoms with Gasteiger partial charge in [-0.2, -0.15) is 0 Å². The number of hydrogen-bond donors (Lipinski definition) is 2. The van der Waals surface area contributed by atoms with E-state index in [9.17, 15) is 14.4 Å². The number of likely N-dealkylation sites (tertiary alicyclic amines) is 1. The number of carbonyl (C=O) groups excluding carboxylic acids is 3. The van der Waals surface area contributed by atoms with Crippen LogP contribution in [0.25, 0.3) is 0 Å². The molecule has 3 amide bonds. The second-order valence-electron chi connectivity index (χ2n) is 13.8. The Hall–Kier alpha value is -3.85. The molecule has 0 unspecified atom stereocenters. The van der Waals surface area contributed by atoms with Crippen LogP contribution >= 0.6 is 0 Å². The van der Waals surface area contributed by atoms with Crippen molar-refractivity contribution >= 4 is 23.4 Å². The van der Waals surface area contributed by atoms with Crippen molar-refractivity contribution in [3.8, 4) is 11.5 Å². The zero-order valence-corrected chi connectivity index (χ0v) is 26.4. The van der Waals surface area contributed by atoms with Crippen molar-refractivity contribution in [1.82, 2.24) is 10.2 Å². The van der Waals surface area contributed by atoms with Gasteiger partial charge in [-0.25, -0.2) is 0 Å². The minimum atomic E-state index is -1.24. The lowest BCUT2D eigenvalue weighted by Crippen LogP contribution is -2.59. The Kier molecular flexibility index (Phi) is 7.63. The zero-order valence-electron chi connectivity index (χ0n) is 26.4. The molecule has 0 radical (unpaired) electrons. The fraction of sp³-hybridized carbons (Fsp3) is 0.528. The first kappa shape index (κ1) is 29.8. The van der Waals surface area contributed by atoms with Crippen molar-refractivity contribution in [1.29, 1.82) is 0 Å². The van der Waals surface area contributed by atoms with Gasteiger partial charge in [0.2, 0.25) is 17.7 Å². The van der Waals surface area contributed by atoms with Crippen LogP contribution in [0.2, 0.25) is 0 Å². The zero-order chi connectivity index (χ0) is 31.5. The fourth-order valence-electron chi connectivity index (χ4n) is 8.06. The van der Waals surface area contributed by atoms with Crippen LogP contribution in [0.3, 0.4) is 0 Å². The number of rotatable bonds is 7. The van der Waals surface area contributed by atoms with Crippen LogP contribution in [0.4, 0.5) is 5.69 Å². The maximum atomic E-state index is 14.5. The standard InChI is InChI=1S/C36H43N3O6/c1-20(2)23-12-14-24(15-13-23)37-33(40)30-29-16-17-36(45-29)31(30)35(42)39(18-25-19-43-27-10-5-6-11-28(27)44-25)32(36)34(41)38-26-9-7-8-21(3)22(26)4/h5-6,10-17,20-22,25-26,29-32H,7-9,18-19H2,1-4H3,(H,37,40)(H,38,41)/t21-,22-,25-,26-,29-,30+,31-,32-,36-/m1/s1. The monoisotopic (exact) mass is 613 g/mol. The SMILES string of the molecule is CC(C)c1ccc(NC(=O)[C@H]2[C@H]3C=C[C@@]4(O3)[C@H]2C(=O)N(C[C@@H]2COc3ccccc3O2)[C@@H]4C(=O)N[C@@H]2CCC[C@@H](C)[C@H]2C)cc1. The van der Waals surface area contributed by atoms with E-state index in [2.05, 4.69) is 38.3 Å². The smallest absolute Gasteiger partial charge is 0.246 e. The summed E-state index contributed by atoms with van der Waals surface area (Å²) in [7, 11) is 0. The summed E-state index contributed by atoms with van der Waals surface area (Å²) in [6.45, 7) is 9.02. The van der Waals surface area contributed by atoms with Gasteiger partial charge in [0.25, 0.3) is 0 Å². The van der Waals surface area contributed by atoms with E-state index in [0.717, 1.165) is 19.3 Å². The molecular formula is C36H43N3O6. The lowest BCUT2D eigenvalue weighted by Gasteiger charge is -2.38. The van der Waals surface area contributed by atoms with Crippen LogP contribution in [-0.2, 0) is 19.1 Å². The highest BCUT2D eigenvalue weighted by Crippen LogP contribution is 2.55. The van der Waals surface area contributed by atoms with Gasteiger partial charge in [0.1, 0.15) is 18.2 Å². The Morgan fingerprint density at radius 1 is 1.02 bits per heavy atom. The minimum absolute atomic E-state index is 0.00489. The van der Waals surface area contributed by atoms with Crippen molar-refractivity contribution in [3.05, 3.63) is 66.2 Å². The molecule has 4 aliphatic heterocycles. The highest BCUT2D eigenvalue weighted by Gasteiger charge is 2.73. The number of ether oxygens (including phenoxy) is 3. The molecule has 5 aliphatic rings. The van der Waals surface area contributed by atoms with Gasteiger partial charge in [0, 0.05) is 11.7 Å². The third-order valence-electron chi connectivity index (χ3n) is 10.8. The molecule has 2 bridgehead atoms. The predicted molar refractivity (Wildman–Crippen MR) is 169 cm³/mol. The molecule has 0 aromatic heterocycles. The quantitative estimate of drug-likeness (QED) is 0.440. The van der Waals surface area contributed by atoms with E-state index in [-0.39, 0.29) is 36.9 Å². The van der Waals surface area contributed by atoms with Crippen LogP contribution in [-0.4, -0.2) is 65.7 Å².